The number of thioether (sulfide) groups is 1. The first-order valence-electron chi connectivity index (χ1n) is 6.34. The molecule has 0 saturated heterocycles. The van der Waals surface area contributed by atoms with Gasteiger partial charge in [-0.3, -0.25) is 9.48 Å². The van der Waals surface area contributed by atoms with Crippen molar-refractivity contribution in [3.63, 3.8) is 0 Å². The summed E-state index contributed by atoms with van der Waals surface area (Å²) < 4.78 is 1.82. The molecule has 0 fully saturated rings. The van der Waals surface area contributed by atoms with E-state index in [1.165, 1.54) is 0 Å². The van der Waals surface area contributed by atoms with Crippen LogP contribution in [0, 0.1) is 6.92 Å². The fraction of sp³-hybridized carbons (Fsp3) is 0.692. The summed E-state index contributed by atoms with van der Waals surface area (Å²) in [5.41, 5.74) is 1.65. The van der Waals surface area contributed by atoms with E-state index in [1.807, 2.05) is 18.5 Å². The van der Waals surface area contributed by atoms with Crippen LogP contribution < -0.4 is 0 Å². The number of aromatic nitrogens is 2. The van der Waals surface area contributed by atoms with Crippen LogP contribution in [0.25, 0.3) is 0 Å². The zero-order chi connectivity index (χ0) is 13.7. The van der Waals surface area contributed by atoms with Crippen molar-refractivity contribution in [2.45, 2.75) is 52.3 Å². The Labute approximate surface area is 118 Å². The number of hydrogen-bond donors (Lipinski definition) is 0. The summed E-state index contributed by atoms with van der Waals surface area (Å²) in [6.45, 7) is 8.90. The molecule has 0 aliphatic rings. The number of halogens is 1. The second-order valence-corrected chi connectivity index (χ2v) is 6.21. The lowest BCUT2D eigenvalue weighted by atomic mass is 10.2. The SMILES string of the molecule is CCC(C)SCC(=O)Cc1c(Cl)c(C)nn1CC. The van der Waals surface area contributed by atoms with E-state index in [-0.39, 0.29) is 5.78 Å². The molecule has 0 radical (unpaired) electrons. The van der Waals surface area contributed by atoms with Crippen molar-refractivity contribution in [1.29, 1.82) is 0 Å². The van der Waals surface area contributed by atoms with Crippen molar-refractivity contribution in [2.24, 2.45) is 0 Å². The van der Waals surface area contributed by atoms with Crippen LogP contribution in [0.1, 0.15) is 38.6 Å². The zero-order valence-corrected chi connectivity index (χ0v) is 13.1. The third-order valence-corrected chi connectivity index (χ3v) is 4.80. The first kappa shape index (κ1) is 15.6. The van der Waals surface area contributed by atoms with Crippen molar-refractivity contribution >= 4 is 29.1 Å². The molecule has 0 aliphatic carbocycles. The van der Waals surface area contributed by atoms with Crippen LogP contribution in [-0.4, -0.2) is 26.6 Å². The molecule has 0 aromatic carbocycles. The Morgan fingerprint density at radius 2 is 2.17 bits per heavy atom. The second kappa shape index (κ2) is 7.19. The van der Waals surface area contributed by atoms with Gasteiger partial charge in [0.15, 0.2) is 0 Å². The number of rotatable bonds is 7. The van der Waals surface area contributed by atoms with Gasteiger partial charge in [0.25, 0.3) is 0 Å². The van der Waals surface area contributed by atoms with Crippen LogP contribution in [0.5, 0.6) is 0 Å². The lowest BCUT2D eigenvalue weighted by Crippen LogP contribution is -2.13. The van der Waals surface area contributed by atoms with Crippen LogP contribution >= 0.6 is 23.4 Å². The summed E-state index contributed by atoms with van der Waals surface area (Å²) in [6, 6.07) is 0. The number of nitrogens with zero attached hydrogens (tertiary/aromatic N) is 2. The minimum Gasteiger partial charge on any atom is -0.298 e. The maximum Gasteiger partial charge on any atom is 0.148 e. The first-order chi connectivity index (χ1) is 8.49. The molecule has 0 aliphatic heterocycles. The molecule has 1 unspecified atom stereocenters. The quantitative estimate of drug-likeness (QED) is 0.770. The standard InChI is InChI=1S/C13H21ClN2OS/c1-5-9(3)18-8-11(17)7-12-13(14)10(4)15-16(12)6-2/h9H,5-8H2,1-4H3. The molecular weight excluding hydrogens is 268 g/mol. The van der Waals surface area contributed by atoms with Gasteiger partial charge in [0.05, 0.1) is 28.6 Å². The Hall–Kier alpha value is -0.480. The van der Waals surface area contributed by atoms with E-state index in [1.54, 1.807) is 11.8 Å². The minimum absolute atomic E-state index is 0.219. The summed E-state index contributed by atoms with van der Waals surface area (Å²) in [5, 5.41) is 5.49. The van der Waals surface area contributed by atoms with E-state index in [4.69, 9.17) is 11.6 Å². The van der Waals surface area contributed by atoms with Gasteiger partial charge < -0.3 is 0 Å². The predicted octanol–water partition coefficient (Wildman–Crippen LogP) is 3.51. The molecule has 0 N–H and O–H groups in total. The predicted molar refractivity (Wildman–Crippen MR) is 78.6 cm³/mol. The number of carbonyl (C=O) groups excluding carboxylic acids is 1. The molecule has 102 valence electrons. The summed E-state index contributed by atoms with van der Waals surface area (Å²) >= 11 is 7.89. The topological polar surface area (TPSA) is 34.9 Å². The largest absolute Gasteiger partial charge is 0.298 e. The fourth-order valence-corrected chi connectivity index (χ4v) is 2.64. The van der Waals surface area contributed by atoms with Crippen LogP contribution in [0.15, 0.2) is 0 Å². The molecule has 1 aromatic heterocycles. The van der Waals surface area contributed by atoms with E-state index in [9.17, 15) is 4.79 Å². The first-order valence-corrected chi connectivity index (χ1v) is 7.77. The minimum atomic E-state index is 0.219. The van der Waals surface area contributed by atoms with Crippen LogP contribution in [0.3, 0.4) is 0 Å². The molecule has 1 aromatic rings. The van der Waals surface area contributed by atoms with Crippen molar-refractivity contribution in [3.8, 4) is 0 Å². The average Bonchev–Trinajstić information content (AvgIpc) is 2.63. The highest BCUT2D eigenvalue weighted by Gasteiger charge is 2.16. The van der Waals surface area contributed by atoms with Gasteiger partial charge >= 0.3 is 0 Å². The Morgan fingerprint density at radius 3 is 2.72 bits per heavy atom. The van der Waals surface area contributed by atoms with Crippen LogP contribution in [0.2, 0.25) is 5.02 Å². The Balaban J connectivity index is 2.64. The lowest BCUT2D eigenvalue weighted by Gasteiger charge is -2.08. The van der Waals surface area contributed by atoms with E-state index < -0.39 is 0 Å². The third kappa shape index (κ3) is 4.02. The number of carbonyl (C=O) groups is 1. The molecule has 18 heavy (non-hydrogen) atoms. The van der Waals surface area contributed by atoms with E-state index in [0.29, 0.717) is 22.4 Å². The second-order valence-electron chi connectivity index (χ2n) is 4.41. The van der Waals surface area contributed by atoms with E-state index in [2.05, 4.69) is 18.9 Å². The molecule has 0 amide bonds. The van der Waals surface area contributed by atoms with Crippen LogP contribution in [0.4, 0.5) is 0 Å². The summed E-state index contributed by atoms with van der Waals surface area (Å²) in [7, 11) is 0. The fourth-order valence-electron chi connectivity index (χ4n) is 1.63. The lowest BCUT2D eigenvalue weighted by molar-refractivity contribution is -0.116. The highest BCUT2D eigenvalue weighted by Crippen LogP contribution is 2.22. The van der Waals surface area contributed by atoms with E-state index in [0.717, 1.165) is 24.4 Å². The normalized spacial score (nSPS) is 12.7. The summed E-state index contributed by atoms with van der Waals surface area (Å²) in [5.74, 6) is 0.774. The van der Waals surface area contributed by atoms with Crippen molar-refractivity contribution in [3.05, 3.63) is 16.4 Å². The molecule has 0 saturated carbocycles. The van der Waals surface area contributed by atoms with Gasteiger partial charge in [-0.15, -0.1) is 0 Å². The van der Waals surface area contributed by atoms with Gasteiger partial charge in [-0.25, -0.2) is 0 Å². The van der Waals surface area contributed by atoms with Crippen molar-refractivity contribution < 1.29 is 4.79 Å². The van der Waals surface area contributed by atoms with Crippen molar-refractivity contribution in [1.82, 2.24) is 9.78 Å². The molecule has 3 nitrogen and oxygen atoms in total. The molecule has 1 atom stereocenters. The monoisotopic (exact) mass is 288 g/mol. The molecule has 0 bridgehead atoms. The molecule has 0 spiro atoms. The maximum atomic E-state index is 11.9. The zero-order valence-electron chi connectivity index (χ0n) is 11.5. The number of Topliss-reactive ketones (excluding diaryl/α,β-unsaturated/α-hetero) is 1. The van der Waals surface area contributed by atoms with Gasteiger partial charge in [0.2, 0.25) is 0 Å². The van der Waals surface area contributed by atoms with Crippen LogP contribution in [-0.2, 0) is 17.8 Å². The van der Waals surface area contributed by atoms with Gasteiger partial charge in [-0.05, 0) is 20.3 Å². The average molecular weight is 289 g/mol. The Bertz CT molecular complexity index is 417. The van der Waals surface area contributed by atoms with Crippen molar-refractivity contribution in [2.75, 3.05) is 5.75 Å². The number of hydrogen-bond acceptors (Lipinski definition) is 3. The molecule has 1 heterocycles. The van der Waals surface area contributed by atoms with Gasteiger partial charge in [-0.2, -0.15) is 16.9 Å². The van der Waals surface area contributed by atoms with Gasteiger partial charge in [-0.1, -0.05) is 25.4 Å². The molecule has 1 rings (SSSR count). The number of aryl methyl sites for hydroxylation is 2. The maximum absolute atomic E-state index is 11.9. The van der Waals surface area contributed by atoms with Gasteiger partial charge in [0, 0.05) is 11.8 Å². The molecular formula is C13H21ClN2OS. The smallest absolute Gasteiger partial charge is 0.148 e. The van der Waals surface area contributed by atoms with Gasteiger partial charge in [0.1, 0.15) is 5.78 Å². The summed E-state index contributed by atoms with van der Waals surface area (Å²) in [6.07, 6.45) is 1.47. The van der Waals surface area contributed by atoms with E-state index >= 15 is 0 Å². The highest BCUT2D eigenvalue weighted by atomic mass is 35.5. The number of ketones is 1. The Kier molecular flexibility index (Phi) is 6.22. The summed E-state index contributed by atoms with van der Waals surface area (Å²) in [4.78, 5) is 11.9. The molecule has 5 heteroatoms. The highest BCUT2D eigenvalue weighted by molar-refractivity contribution is 8.00. The third-order valence-electron chi connectivity index (χ3n) is 2.92. The Morgan fingerprint density at radius 1 is 1.50 bits per heavy atom.